The minimum atomic E-state index is -0.00344. The third-order valence-electron chi connectivity index (χ3n) is 4.59. The SMILES string of the molecule is COc1cccc(CCCNC(=O)[C@H]2CC[C@@H](N)[C@H](OC)C2)c1.Cl. The van der Waals surface area contributed by atoms with Crippen LogP contribution in [0.4, 0.5) is 0 Å². The molecule has 136 valence electrons. The van der Waals surface area contributed by atoms with Crippen LogP contribution in [-0.4, -0.2) is 38.8 Å². The highest BCUT2D eigenvalue weighted by Crippen LogP contribution is 2.25. The van der Waals surface area contributed by atoms with Crippen molar-refractivity contribution >= 4 is 18.3 Å². The maximum atomic E-state index is 12.3. The summed E-state index contributed by atoms with van der Waals surface area (Å²) in [5.74, 6) is 1.02. The molecule has 0 unspecified atom stereocenters. The van der Waals surface area contributed by atoms with Crippen molar-refractivity contribution in [2.24, 2.45) is 11.7 Å². The van der Waals surface area contributed by atoms with Gasteiger partial charge < -0.3 is 20.5 Å². The lowest BCUT2D eigenvalue weighted by Gasteiger charge is -2.32. The molecule has 0 spiro atoms. The first-order valence-corrected chi connectivity index (χ1v) is 8.33. The summed E-state index contributed by atoms with van der Waals surface area (Å²) in [5.41, 5.74) is 7.22. The van der Waals surface area contributed by atoms with Crippen molar-refractivity contribution in [1.29, 1.82) is 0 Å². The van der Waals surface area contributed by atoms with Gasteiger partial charge in [0.1, 0.15) is 5.75 Å². The number of halogens is 1. The fourth-order valence-electron chi connectivity index (χ4n) is 3.14. The van der Waals surface area contributed by atoms with Crippen molar-refractivity contribution < 1.29 is 14.3 Å². The van der Waals surface area contributed by atoms with Crippen LogP contribution >= 0.6 is 12.4 Å². The number of rotatable bonds is 7. The number of nitrogens with one attached hydrogen (secondary N) is 1. The van der Waals surface area contributed by atoms with Gasteiger partial charge in [0.25, 0.3) is 0 Å². The number of carbonyl (C=O) groups excluding carboxylic acids is 1. The number of carbonyl (C=O) groups is 1. The minimum absolute atomic E-state index is 0. The Kier molecular flexibility index (Phi) is 9.11. The van der Waals surface area contributed by atoms with Crippen LogP contribution in [0.5, 0.6) is 5.75 Å². The van der Waals surface area contributed by atoms with Gasteiger partial charge in [-0.2, -0.15) is 0 Å². The molecule has 0 bridgehead atoms. The normalized spacial score (nSPS) is 23.2. The van der Waals surface area contributed by atoms with Crippen LogP contribution in [0.15, 0.2) is 24.3 Å². The standard InChI is InChI=1S/C18H28N2O3.ClH/c1-22-15-7-3-5-13(11-15)6-4-10-20-18(21)14-8-9-16(19)17(12-14)23-2;/h3,5,7,11,14,16-17H,4,6,8-10,12,19H2,1-2H3,(H,20,21);1H/t14-,16+,17+;/m0./s1. The molecule has 0 radical (unpaired) electrons. The monoisotopic (exact) mass is 356 g/mol. The molecule has 6 heteroatoms. The molecule has 1 fully saturated rings. The van der Waals surface area contributed by atoms with Crippen molar-refractivity contribution in [3.05, 3.63) is 29.8 Å². The summed E-state index contributed by atoms with van der Waals surface area (Å²) < 4.78 is 10.6. The zero-order valence-electron chi connectivity index (χ0n) is 14.5. The van der Waals surface area contributed by atoms with Gasteiger partial charge in [-0.15, -0.1) is 12.4 Å². The molecule has 1 aromatic rings. The molecule has 0 saturated heterocycles. The first-order valence-electron chi connectivity index (χ1n) is 8.33. The molecule has 2 rings (SSSR count). The van der Waals surface area contributed by atoms with Crippen molar-refractivity contribution in [2.45, 2.75) is 44.2 Å². The Hall–Kier alpha value is -1.30. The lowest BCUT2D eigenvalue weighted by molar-refractivity contribution is -0.127. The quantitative estimate of drug-likeness (QED) is 0.735. The predicted molar refractivity (Wildman–Crippen MR) is 97.7 cm³/mol. The highest BCUT2D eigenvalue weighted by atomic mass is 35.5. The Morgan fingerprint density at radius 3 is 2.83 bits per heavy atom. The fraction of sp³-hybridized carbons (Fsp3) is 0.611. The van der Waals surface area contributed by atoms with Gasteiger partial charge in [-0.05, 0) is 49.8 Å². The van der Waals surface area contributed by atoms with Gasteiger partial charge in [0.05, 0.1) is 13.2 Å². The molecule has 3 atom stereocenters. The summed E-state index contributed by atoms with van der Waals surface area (Å²) in [6.07, 6.45) is 4.26. The first kappa shape index (κ1) is 20.7. The molecule has 5 nitrogen and oxygen atoms in total. The maximum Gasteiger partial charge on any atom is 0.223 e. The van der Waals surface area contributed by atoms with Gasteiger partial charge in [-0.3, -0.25) is 4.79 Å². The summed E-state index contributed by atoms with van der Waals surface area (Å²) in [6.45, 7) is 0.691. The van der Waals surface area contributed by atoms with Gasteiger partial charge >= 0.3 is 0 Å². The van der Waals surface area contributed by atoms with Crippen molar-refractivity contribution in [3.8, 4) is 5.75 Å². The smallest absolute Gasteiger partial charge is 0.223 e. The average molecular weight is 357 g/mol. The molecule has 0 aliphatic heterocycles. The van der Waals surface area contributed by atoms with Gasteiger partial charge in [0.15, 0.2) is 0 Å². The molecular weight excluding hydrogens is 328 g/mol. The summed E-state index contributed by atoms with van der Waals surface area (Å²) in [7, 11) is 3.33. The van der Waals surface area contributed by atoms with Crippen LogP contribution in [0.2, 0.25) is 0 Å². The molecule has 0 heterocycles. The number of benzene rings is 1. The predicted octanol–water partition coefficient (Wildman–Crippen LogP) is 2.31. The van der Waals surface area contributed by atoms with Gasteiger partial charge in [-0.25, -0.2) is 0 Å². The number of hydrogen-bond donors (Lipinski definition) is 2. The van der Waals surface area contributed by atoms with E-state index in [0.29, 0.717) is 6.54 Å². The molecular formula is C18H29ClN2O3. The number of methoxy groups -OCH3 is 2. The first-order chi connectivity index (χ1) is 11.1. The van der Waals surface area contributed by atoms with Crippen LogP contribution in [-0.2, 0) is 16.0 Å². The molecule has 1 aliphatic rings. The largest absolute Gasteiger partial charge is 0.497 e. The van der Waals surface area contributed by atoms with Crippen LogP contribution in [0.3, 0.4) is 0 Å². The highest BCUT2D eigenvalue weighted by Gasteiger charge is 2.31. The van der Waals surface area contributed by atoms with E-state index in [1.807, 2.05) is 18.2 Å². The van der Waals surface area contributed by atoms with Crippen LogP contribution < -0.4 is 15.8 Å². The molecule has 3 N–H and O–H groups in total. The van der Waals surface area contributed by atoms with Crippen LogP contribution in [0.1, 0.15) is 31.2 Å². The van der Waals surface area contributed by atoms with E-state index < -0.39 is 0 Å². The second kappa shape index (κ2) is 10.5. The highest BCUT2D eigenvalue weighted by molar-refractivity contribution is 5.85. The summed E-state index contributed by atoms with van der Waals surface area (Å²) in [6, 6.07) is 8.09. The van der Waals surface area contributed by atoms with E-state index in [2.05, 4.69) is 11.4 Å². The molecule has 1 aromatic carbocycles. The topological polar surface area (TPSA) is 73.6 Å². The third-order valence-corrected chi connectivity index (χ3v) is 4.59. The van der Waals surface area contributed by atoms with E-state index in [9.17, 15) is 4.79 Å². The zero-order valence-corrected chi connectivity index (χ0v) is 15.3. The van der Waals surface area contributed by atoms with Crippen molar-refractivity contribution in [3.63, 3.8) is 0 Å². The molecule has 0 aromatic heterocycles. The summed E-state index contributed by atoms with van der Waals surface area (Å²) >= 11 is 0. The van der Waals surface area contributed by atoms with Crippen molar-refractivity contribution in [2.75, 3.05) is 20.8 Å². The van der Waals surface area contributed by atoms with Gasteiger partial charge in [0.2, 0.25) is 5.91 Å². The lowest BCUT2D eigenvalue weighted by Crippen LogP contribution is -2.45. The van der Waals surface area contributed by atoms with E-state index in [1.165, 1.54) is 5.56 Å². The average Bonchev–Trinajstić information content (AvgIpc) is 2.59. The summed E-state index contributed by atoms with van der Waals surface area (Å²) in [5, 5.41) is 3.04. The number of amides is 1. The lowest BCUT2D eigenvalue weighted by atomic mass is 9.83. The number of aryl methyl sites for hydroxylation is 1. The zero-order chi connectivity index (χ0) is 16.7. The van der Waals surface area contributed by atoms with Crippen LogP contribution in [0.25, 0.3) is 0 Å². The Bertz CT molecular complexity index is 513. The fourth-order valence-corrected chi connectivity index (χ4v) is 3.14. The Labute approximate surface area is 150 Å². The second-order valence-electron chi connectivity index (χ2n) is 6.19. The van der Waals surface area contributed by atoms with E-state index in [-0.39, 0.29) is 36.4 Å². The maximum absolute atomic E-state index is 12.3. The number of hydrogen-bond acceptors (Lipinski definition) is 4. The number of nitrogens with two attached hydrogens (primary N) is 1. The van der Waals surface area contributed by atoms with E-state index in [1.54, 1.807) is 14.2 Å². The van der Waals surface area contributed by atoms with E-state index >= 15 is 0 Å². The van der Waals surface area contributed by atoms with Crippen LogP contribution in [0, 0.1) is 5.92 Å². The Morgan fingerprint density at radius 1 is 1.33 bits per heavy atom. The van der Waals surface area contributed by atoms with Gasteiger partial charge in [0, 0.05) is 25.6 Å². The minimum Gasteiger partial charge on any atom is -0.497 e. The van der Waals surface area contributed by atoms with Gasteiger partial charge in [-0.1, -0.05) is 12.1 Å². The molecule has 1 amide bonds. The summed E-state index contributed by atoms with van der Waals surface area (Å²) in [4.78, 5) is 12.3. The third kappa shape index (κ3) is 5.96. The Balaban J connectivity index is 0.00000288. The molecule has 24 heavy (non-hydrogen) atoms. The molecule has 1 saturated carbocycles. The Morgan fingerprint density at radius 2 is 2.12 bits per heavy atom. The van der Waals surface area contributed by atoms with Crippen molar-refractivity contribution in [1.82, 2.24) is 5.32 Å². The molecule has 1 aliphatic carbocycles. The van der Waals surface area contributed by atoms with E-state index in [4.69, 9.17) is 15.2 Å². The van der Waals surface area contributed by atoms with E-state index in [0.717, 1.165) is 37.9 Å². The second-order valence-corrected chi connectivity index (χ2v) is 6.19. The number of ether oxygens (including phenoxy) is 2.